The van der Waals surface area contributed by atoms with Gasteiger partial charge in [-0.15, -0.1) is 0 Å². The molecule has 3 aromatic rings. The van der Waals surface area contributed by atoms with Crippen LogP contribution in [0.15, 0.2) is 55.1 Å². The summed E-state index contributed by atoms with van der Waals surface area (Å²) in [6.07, 6.45) is -1.92. The van der Waals surface area contributed by atoms with Crippen LogP contribution in [0.25, 0.3) is 5.69 Å². The number of nitrogens with zero attached hydrogens (tertiary/aromatic N) is 3. The molecule has 146 valence electrons. The van der Waals surface area contributed by atoms with Gasteiger partial charge in [0.25, 0.3) is 0 Å². The zero-order valence-electron chi connectivity index (χ0n) is 14.9. The highest BCUT2D eigenvalue weighted by Gasteiger charge is 2.51. The third-order valence-corrected chi connectivity index (χ3v) is 4.29. The Morgan fingerprint density at radius 1 is 1.14 bits per heavy atom. The van der Waals surface area contributed by atoms with E-state index in [0.29, 0.717) is 23.7 Å². The first kappa shape index (κ1) is 19.6. The first-order valence-corrected chi connectivity index (χ1v) is 8.17. The Bertz CT molecular complexity index is 982. The van der Waals surface area contributed by atoms with Gasteiger partial charge in [0, 0.05) is 0 Å². The summed E-state index contributed by atoms with van der Waals surface area (Å²) in [7, 11) is 0. The number of halogens is 3. The van der Waals surface area contributed by atoms with Gasteiger partial charge in [-0.2, -0.15) is 18.3 Å². The van der Waals surface area contributed by atoms with Crippen molar-refractivity contribution in [1.29, 1.82) is 0 Å². The molecule has 0 bridgehead atoms. The van der Waals surface area contributed by atoms with Gasteiger partial charge in [-0.25, -0.2) is 14.5 Å². The maximum absolute atomic E-state index is 12.9. The minimum absolute atomic E-state index is 0.0616. The third kappa shape index (κ3) is 3.74. The first-order valence-electron chi connectivity index (χ1n) is 8.17. The number of benzene rings is 2. The van der Waals surface area contributed by atoms with Gasteiger partial charge in [0.1, 0.15) is 18.4 Å². The van der Waals surface area contributed by atoms with Crippen LogP contribution in [0.5, 0.6) is 5.75 Å². The first-order chi connectivity index (χ1) is 13.1. The van der Waals surface area contributed by atoms with Crippen LogP contribution in [0.2, 0.25) is 0 Å². The topological polar surface area (TPSA) is 77.2 Å². The van der Waals surface area contributed by atoms with Crippen LogP contribution in [0.3, 0.4) is 0 Å². The fraction of sp³-hybridized carbons (Fsp3) is 0.211. The second-order valence-electron chi connectivity index (χ2n) is 6.32. The zero-order chi connectivity index (χ0) is 20.5. The van der Waals surface area contributed by atoms with E-state index in [2.05, 4.69) is 10.1 Å². The number of esters is 1. The number of ether oxygens (including phenoxy) is 1. The van der Waals surface area contributed by atoms with Gasteiger partial charge in [-0.05, 0) is 55.3 Å². The molecule has 9 heteroatoms. The molecule has 0 radical (unpaired) electrons. The molecule has 1 N–H and O–H groups in total. The lowest BCUT2D eigenvalue weighted by Crippen LogP contribution is -2.39. The van der Waals surface area contributed by atoms with Crippen LogP contribution in [-0.2, 0) is 5.60 Å². The number of aryl methyl sites for hydroxylation is 1. The van der Waals surface area contributed by atoms with Crippen molar-refractivity contribution in [2.45, 2.75) is 25.6 Å². The highest BCUT2D eigenvalue weighted by molar-refractivity contribution is 5.92. The fourth-order valence-electron chi connectivity index (χ4n) is 2.53. The minimum atomic E-state index is -4.83. The van der Waals surface area contributed by atoms with E-state index in [1.807, 2.05) is 0 Å². The number of rotatable bonds is 4. The molecule has 0 fully saturated rings. The molecule has 0 saturated carbocycles. The molecule has 0 aliphatic heterocycles. The van der Waals surface area contributed by atoms with Crippen LogP contribution in [0, 0.1) is 6.92 Å². The van der Waals surface area contributed by atoms with Crippen molar-refractivity contribution in [1.82, 2.24) is 14.8 Å². The van der Waals surface area contributed by atoms with Gasteiger partial charge in [0.05, 0.1) is 11.3 Å². The lowest BCUT2D eigenvalue weighted by Gasteiger charge is -2.26. The number of hydrogen-bond acceptors (Lipinski definition) is 5. The Morgan fingerprint density at radius 3 is 2.36 bits per heavy atom. The largest absolute Gasteiger partial charge is 0.423 e. The van der Waals surface area contributed by atoms with Crippen LogP contribution >= 0.6 is 0 Å². The average molecular weight is 391 g/mol. The fourth-order valence-corrected chi connectivity index (χ4v) is 2.53. The number of aliphatic hydroxyl groups is 1. The highest BCUT2D eigenvalue weighted by Crippen LogP contribution is 2.38. The summed E-state index contributed by atoms with van der Waals surface area (Å²) in [5, 5.41) is 13.7. The molecule has 0 spiro atoms. The molecule has 3 rings (SSSR count). The summed E-state index contributed by atoms with van der Waals surface area (Å²) in [5.74, 6) is -0.593. The van der Waals surface area contributed by atoms with Crippen LogP contribution < -0.4 is 4.74 Å². The SMILES string of the molecule is Cc1cc(-n2cncn2)ccc1C(=O)Oc1ccc([C@](C)(O)C(F)(F)F)cc1. The molecular weight excluding hydrogens is 375 g/mol. The van der Waals surface area contributed by atoms with E-state index in [0.717, 1.165) is 12.1 Å². The standard InChI is InChI=1S/C19H16F3N3O3/c1-12-9-14(25-11-23-10-24-25)5-8-16(12)17(26)28-15-6-3-13(4-7-15)18(2,27)19(20,21)22/h3-11,27H,1-2H3/t18-/m0/s1. The van der Waals surface area contributed by atoms with Gasteiger partial charge < -0.3 is 9.84 Å². The van der Waals surface area contributed by atoms with Crippen molar-refractivity contribution in [3.63, 3.8) is 0 Å². The van der Waals surface area contributed by atoms with Gasteiger partial charge in [0.15, 0.2) is 5.60 Å². The Labute approximate surface area is 158 Å². The smallest absolute Gasteiger partial charge is 0.421 e. The van der Waals surface area contributed by atoms with Gasteiger partial charge in [0.2, 0.25) is 0 Å². The molecule has 0 aliphatic rings. The molecule has 0 aliphatic carbocycles. The molecule has 0 amide bonds. The minimum Gasteiger partial charge on any atom is -0.423 e. The summed E-state index contributed by atoms with van der Waals surface area (Å²) in [6.45, 7) is 2.38. The molecule has 2 aromatic carbocycles. The van der Waals surface area contributed by atoms with Crippen molar-refractivity contribution in [3.8, 4) is 11.4 Å². The van der Waals surface area contributed by atoms with E-state index in [1.165, 1.54) is 29.5 Å². The number of alkyl halides is 3. The lowest BCUT2D eigenvalue weighted by molar-refractivity contribution is -0.258. The van der Waals surface area contributed by atoms with E-state index < -0.39 is 17.7 Å². The summed E-state index contributed by atoms with van der Waals surface area (Å²) >= 11 is 0. The summed E-state index contributed by atoms with van der Waals surface area (Å²) in [4.78, 5) is 16.2. The summed E-state index contributed by atoms with van der Waals surface area (Å²) in [6, 6.07) is 9.50. The van der Waals surface area contributed by atoms with Gasteiger partial charge >= 0.3 is 12.1 Å². The average Bonchev–Trinajstić information content (AvgIpc) is 3.15. The molecule has 1 aromatic heterocycles. The van der Waals surface area contributed by atoms with E-state index >= 15 is 0 Å². The van der Waals surface area contributed by atoms with Crippen molar-refractivity contribution in [2.24, 2.45) is 0 Å². The molecule has 6 nitrogen and oxygen atoms in total. The number of hydrogen-bond donors (Lipinski definition) is 1. The van der Waals surface area contributed by atoms with Gasteiger partial charge in [-0.1, -0.05) is 12.1 Å². The Morgan fingerprint density at radius 2 is 1.82 bits per heavy atom. The van der Waals surface area contributed by atoms with Crippen molar-refractivity contribution in [3.05, 3.63) is 71.8 Å². The molecule has 0 saturated heterocycles. The molecule has 28 heavy (non-hydrogen) atoms. The predicted octanol–water partition coefficient (Wildman–Crippen LogP) is 3.56. The monoisotopic (exact) mass is 391 g/mol. The maximum Gasteiger partial charge on any atom is 0.421 e. The zero-order valence-corrected chi connectivity index (χ0v) is 14.9. The second kappa shape index (κ2) is 7.08. The third-order valence-electron chi connectivity index (χ3n) is 4.29. The van der Waals surface area contributed by atoms with Gasteiger partial charge in [-0.3, -0.25) is 0 Å². The maximum atomic E-state index is 12.9. The number of carbonyl (C=O) groups excluding carboxylic acids is 1. The van der Waals surface area contributed by atoms with Crippen molar-refractivity contribution >= 4 is 5.97 Å². The lowest BCUT2D eigenvalue weighted by atomic mass is 9.95. The number of aromatic nitrogens is 3. The Kier molecular flexibility index (Phi) is 4.95. The number of carbonyl (C=O) groups is 1. The Balaban J connectivity index is 1.76. The van der Waals surface area contributed by atoms with E-state index in [4.69, 9.17) is 4.74 Å². The van der Waals surface area contributed by atoms with E-state index in [1.54, 1.807) is 25.1 Å². The van der Waals surface area contributed by atoms with Crippen LogP contribution in [0.4, 0.5) is 13.2 Å². The molecular formula is C19H16F3N3O3. The Hall–Kier alpha value is -3.20. The highest BCUT2D eigenvalue weighted by atomic mass is 19.4. The summed E-state index contributed by atoms with van der Waals surface area (Å²) < 4.78 is 45.4. The molecule has 0 unspecified atom stereocenters. The molecule has 1 heterocycles. The van der Waals surface area contributed by atoms with Crippen LogP contribution in [-0.4, -0.2) is 32.0 Å². The second-order valence-corrected chi connectivity index (χ2v) is 6.32. The molecule has 1 atom stereocenters. The van der Waals surface area contributed by atoms with Crippen LogP contribution in [0.1, 0.15) is 28.4 Å². The van der Waals surface area contributed by atoms with E-state index in [-0.39, 0.29) is 11.3 Å². The summed E-state index contributed by atoms with van der Waals surface area (Å²) in [5.41, 5.74) is -1.70. The van der Waals surface area contributed by atoms with Crippen molar-refractivity contribution in [2.75, 3.05) is 0 Å². The quantitative estimate of drug-likeness (QED) is 0.544. The predicted molar refractivity (Wildman–Crippen MR) is 93.1 cm³/mol. The van der Waals surface area contributed by atoms with E-state index in [9.17, 15) is 23.1 Å². The normalized spacial score (nSPS) is 13.8. The van der Waals surface area contributed by atoms with Crippen molar-refractivity contribution < 1.29 is 27.8 Å².